The van der Waals surface area contributed by atoms with Gasteiger partial charge in [-0.2, -0.15) is 0 Å². The molecular formula is C6H13N3O3. The lowest BCUT2D eigenvalue weighted by Gasteiger charge is -2.05. The third-order valence-electron chi connectivity index (χ3n) is 0.923. The van der Waals surface area contributed by atoms with Crippen LogP contribution in [0.15, 0.2) is 5.11 Å². The highest BCUT2D eigenvalue weighted by Crippen LogP contribution is 1.93. The molecule has 0 aliphatic heterocycles. The van der Waals surface area contributed by atoms with E-state index in [1.165, 1.54) is 0 Å². The summed E-state index contributed by atoms with van der Waals surface area (Å²) in [5.41, 5.74) is 7.92. The molecule has 0 aromatic heterocycles. The lowest BCUT2D eigenvalue weighted by atomic mass is 10.3. The minimum absolute atomic E-state index is 0. The number of rotatable bonds is 4. The zero-order valence-corrected chi connectivity index (χ0v) is 6.10. The molecule has 12 heavy (non-hydrogen) atoms. The topological polar surface area (TPSA) is 95.3 Å². The number of carbonyl (C=O) groups excluding carboxylic acids is 1. The zero-order valence-electron chi connectivity index (χ0n) is 6.10. The van der Waals surface area contributed by atoms with Crippen molar-refractivity contribution in [2.24, 2.45) is 5.11 Å². The summed E-state index contributed by atoms with van der Waals surface area (Å²) in [6.07, 6.45) is 0. The van der Waals surface area contributed by atoms with Crippen LogP contribution in [0, 0.1) is 0 Å². The Morgan fingerprint density at radius 3 is 2.75 bits per heavy atom. The molecule has 0 saturated heterocycles. The van der Waals surface area contributed by atoms with Gasteiger partial charge in [0.25, 0.3) is 0 Å². The molecule has 6 nitrogen and oxygen atoms in total. The molecular weight excluding hydrogens is 162 g/mol. The first-order valence-electron chi connectivity index (χ1n) is 3.08. The van der Waals surface area contributed by atoms with Gasteiger partial charge in [0.1, 0.15) is 0 Å². The minimum Gasteiger partial charge on any atom is -0.466 e. The first kappa shape index (κ1) is 13.3. The van der Waals surface area contributed by atoms with Crippen molar-refractivity contribution in [1.82, 2.24) is 0 Å². The quantitative estimate of drug-likeness (QED) is 0.297. The van der Waals surface area contributed by atoms with Crippen LogP contribution in [-0.2, 0) is 9.53 Å². The Labute approximate surface area is 70.8 Å². The molecule has 0 rings (SSSR count). The molecule has 1 N–H and O–H groups in total. The van der Waals surface area contributed by atoms with Gasteiger partial charge in [0.15, 0.2) is 6.04 Å². The van der Waals surface area contributed by atoms with Crippen molar-refractivity contribution in [2.75, 3.05) is 13.2 Å². The molecule has 0 aliphatic carbocycles. The standard InChI is InChI=1S/C5H9N3O3.CH4/c1-2-11-5(10)4(3-9)7-8-6;/h4,9H,2-3H2,1H3;1H4/t4-;/m1./s1. The lowest BCUT2D eigenvalue weighted by molar-refractivity contribution is -0.145. The summed E-state index contributed by atoms with van der Waals surface area (Å²) >= 11 is 0. The number of ether oxygens (including phenoxy) is 1. The predicted molar refractivity (Wildman–Crippen MR) is 43.4 cm³/mol. The summed E-state index contributed by atoms with van der Waals surface area (Å²) in [4.78, 5) is 13.1. The number of hydrogen-bond donors (Lipinski definition) is 1. The van der Waals surface area contributed by atoms with Gasteiger partial charge in [-0.1, -0.05) is 12.5 Å². The molecule has 0 aliphatic rings. The normalized spacial score (nSPS) is 10.5. The van der Waals surface area contributed by atoms with E-state index in [1.54, 1.807) is 6.92 Å². The highest BCUT2D eigenvalue weighted by Gasteiger charge is 2.15. The molecule has 6 heteroatoms. The van der Waals surface area contributed by atoms with Gasteiger partial charge in [0, 0.05) is 4.91 Å². The van der Waals surface area contributed by atoms with Gasteiger partial charge >= 0.3 is 5.97 Å². The van der Waals surface area contributed by atoms with Crippen LogP contribution < -0.4 is 0 Å². The molecule has 0 spiro atoms. The number of carbonyl (C=O) groups is 1. The number of aliphatic hydroxyl groups excluding tert-OH is 1. The van der Waals surface area contributed by atoms with Gasteiger partial charge in [-0.15, -0.1) is 0 Å². The molecule has 0 aromatic carbocycles. The van der Waals surface area contributed by atoms with Crippen LogP contribution in [0.25, 0.3) is 10.4 Å². The highest BCUT2D eigenvalue weighted by atomic mass is 16.5. The fourth-order valence-electron chi connectivity index (χ4n) is 0.459. The maximum atomic E-state index is 10.7. The van der Waals surface area contributed by atoms with Crippen LogP contribution in [0.4, 0.5) is 0 Å². The monoisotopic (exact) mass is 175 g/mol. The lowest BCUT2D eigenvalue weighted by Crippen LogP contribution is -2.24. The molecule has 0 amide bonds. The SMILES string of the molecule is C.CCOC(=O)[C@@H](CO)N=[N+]=[N-]. The van der Waals surface area contributed by atoms with Crippen LogP contribution in [0.2, 0.25) is 0 Å². The van der Waals surface area contributed by atoms with E-state index in [4.69, 9.17) is 10.6 Å². The summed E-state index contributed by atoms with van der Waals surface area (Å²) in [6.45, 7) is 1.31. The van der Waals surface area contributed by atoms with Crippen molar-refractivity contribution in [2.45, 2.75) is 20.4 Å². The summed E-state index contributed by atoms with van der Waals surface area (Å²) in [6, 6.07) is -1.11. The van der Waals surface area contributed by atoms with Crippen molar-refractivity contribution in [3.63, 3.8) is 0 Å². The molecule has 0 radical (unpaired) electrons. The second-order valence-corrected chi connectivity index (χ2v) is 1.66. The predicted octanol–water partition coefficient (Wildman–Crippen LogP) is 0.857. The van der Waals surface area contributed by atoms with Crippen molar-refractivity contribution in [1.29, 1.82) is 0 Å². The van der Waals surface area contributed by atoms with Crippen molar-refractivity contribution < 1.29 is 14.6 Å². The van der Waals surface area contributed by atoms with Gasteiger partial charge in [0.05, 0.1) is 13.2 Å². The Morgan fingerprint density at radius 2 is 2.42 bits per heavy atom. The highest BCUT2D eigenvalue weighted by molar-refractivity contribution is 5.76. The molecule has 0 saturated carbocycles. The molecule has 0 bridgehead atoms. The average Bonchev–Trinajstić information content (AvgIpc) is 2.00. The fourth-order valence-corrected chi connectivity index (χ4v) is 0.459. The second kappa shape index (κ2) is 7.84. The number of nitrogens with zero attached hydrogens (tertiary/aromatic N) is 3. The number of aliphatic hydroxyl groups is 1. The number of esters is 1. The van der Waals surface area contributed by atoms with Crippen LogP contribution in [0.1, 0.15) is 14.4 Å². The smallest absolute Gasteiger partial charge is 0.317 e. The summed E-state index contributed by atoms with van der Waals surface area (Å²) in [7, 11) is 0. The van der Waals surface area contributed by atoms with E-state index < -0.39 is 18.6 Å². The van der Waals surface area contributed by atoms with E-state index in [1.807, 2.05) is 0 Å². The van der Waals surface area contributed by atoms with E-state index in [2.05, 4.69) is 14.8 Å². The van der Waals surface area contributed by atoms with E-state index in [9.17, 15) is 4.79 Å². The maximum absolute atomic E-state index is 10.7. The second-order valence-electron chi connectivity index (χ2n) is 1.66. The van der Waals surface area contributed by atoms with Crippen molar-refractivity contribution >= 4 is 5.97 Å². The van der Waals surface area contributed by atoms with Crippen LogP contribution in [0.3, 0.4) is 0 Å². The number of hydrogen-bond acceptors (Lipinski definition) is 4. The van der Waals surface area contributed by atoms with Crippen LogP contribution in [0.5, 0.6) is 0 Å². The first-order chi connectivity index (χ1) is 5.26. The van der Waals surface area contributed by atoms with Gasteiger partial charge in [0.2, 0.25) is 0 Å². The van der Waals surface area contributed by atoms with Crippen molar-refractivity contribution in [3.05, 3.63) is 10.4 Å². The Morgan fingerprint density at radius 1 is 1.83 bits per heavy atom. The van der Waals surface area contributed by atoms with Gasteiger partial charge < -0.3 is 9.84 Å². The number of azide groups is 1. The molecule has 1 atom stereocenters. The first-order valence-corrected chi connectivity index (χ1v) is 3.08. The summed E-state index contributed by atoms with van der Waals surface area (Å²) in [5.74, 6) is -0.701. The largest absolute Gasteiger partial charge is 0.466 e. The Balaban J connectivity index is 0. The minimum atomic E-state index is -1.11. The summed E-state index contributed by atoms with van der Waals surface area (Å²) < 4.78 is 4.48. The molecule has 0 aromatic rings. The van der Waals surface area contributed by atoms with E-state index >= 15 is 0 Å². The molecule has 0 unspecified atom stereocenters. The fraction of sp³-hybridized carbons (Fsp3) is 0.833. The molecule has 0 heterocycles. The third kappa shape index (κ3) is 4.54. The molecule has 0 fully saturated rings. The zero-order chi connectivity index (χ0) is 8.69. The van der Waals surface area contributed by atoms with Gasteiger partial charge in [-0.05, 0) is 12.5 Å². The maximum Gasteiger partial charge on any atom is 0.317 e. The third-order valence-corrected chi connectivity index (χ3v) is 0.923. The Bertz CT molecular complexity index is 177. The van der Waals surface area contributed by atoms with E-state index in [0.717, 1.165) is 0 Å². The average molecular weight is 175 g/mol. The summed E-state index contributed by atoms with van der Waals surface area (Å²) in [5, 5.41) is 11.5. The van der Waals surface area contributed by atoms with Gasteiger partial charge in [-0.25, -0.2) is 0 Å². The Hall–Kier alpha value is -1.26. The van der Waals surface area contributed by atoms with E-state index in [-0.39, 0.29) is 14.0 Å². The van der Waals surface area contributed by atoms with Crippen LogP contribution in [-0.4, -0.2) is 30.3 Å². The van der Waals surface area contributed by atoms with Gasteiger partial charge in [-0.3, -0.25) is 4.79 Å². The van der Waals surface area contributed by atoms with E-state index in [0.29, 0.717) is 0 Å². The molecule has 70 valence electrons. The Kier molecular flexibility index (Phi) is 8.72. The van der Waals surface area contributed by atoms with Crippen molar-refractivity contribution in [3.8, 4) is 0 Å². The van der Waals surface area contributed by atoms with Crippen LogP contribution >= 0.6 is 0 Å².